The lowest BCUT2D eigenvalue weighted by molar-refractivity contribution is -0.122. The summed E-state index contributed by atoms with van der Waals surface area (Å²) < 4.78 is 18.8. The van der Waals surface area contributed by atoms with Crippen molar-refractivity contribution >= 4 is 28.1 Å². The minimum Gasteiger partial charge on any atom is -0.495 e. The minimum atomic E-state index is -0.575. The Morgan fingerprint density at radius 2 is 1.79 bits per heavy atom. The molecule has 5 nitrogen and oxygen atoms in total. The molecular weight excluding hydrogens is 449 g/mol. The van der Waals surface area contributed by atoms with Gasteiger partial charge in [0, 0.05) is 17.5 Å². The lowest BCUT2D eigenvalue weighted by Crippen LogP contribution is -2.42. The first-order valence-electron chi connectivity index (χ1n) is 10.9. The largest absolute Gasteiger partial charge is 0.495 e. The molecule has 0 fully saturated rings. The first-order valence-corrected chi connectivity index (χ1v) is 11.8. The molecular formula is C27H26FN3O2S. The summed E-state index contributed by atoms with van der Waals surface area (Å²) in [6.45, 7) is 4.18. The van der Waals surface area contributed by atoms with Crippen LogP contribution >= 0.6 is 11.3 Å². The standard InChI is InChI=1S/C27H26FN3O2S/c1-18-8-12-21(13-9-18)23-17-34-27(30-23)31(24-6-4-5-7-25(24)33-3)19(2)26(32)29-16-20-10-14-22(28)15-11-20/h4-15,17,19H,16H2,1-3H3,(H,29,32)/t19-/m0/s1. The summed E-state index contributed by atoms with van der Waals surface area (Å²) in [6, 6.07) is 21.3. The number of methoxy groups -OCH3 is 1. The van der Waals surface area contributed by atoms with Gasteiger partial charge in [0.25, 0.3) is 0 Å². The van der Waals surface area contributed by atoms with E-state index in [9.17, 15) is 9.18 Å². The van der Waals surface area contributed by atoms with Gasteiger partial charge >= 0.3 is 0 Å². The Hall–Kier alpha value is -3.71. The molecule has 0 aliphatic carbocycles. The number of amides is 1. The molecule has 1 atom stereocenters. The highest BCUT2D eigenvalue weighted by atomic mass is 32.1. The molecule has 0 aliphatic heterocycles. The molecule has 0 saturated carbocycles. The molecule has 0 radical (unpaired) electrons. The normalized spacial score (nSPS) is 11.6. The topological polar surface area (TPSA) is 54.5 Å². The molecule has 0 saturated heterocycles. The van der Waals surface area contributed by atoms with Crippen LogP contribution in [0.1, 0.15) is 18.1 Å². The van der Waals surface area contributed by atoms with E-state index in [1.165, 1.54) is 29.0 Å². The predicted octanol–water partition coefficient (Wildman–Crippen LogP) is 6.11. The van der Waals surface area contributed by atoms with Crippen molar-refractivity contribution in [2.75, 3.05) is 12.0 Å². The third kappa shape index (κ3) is 5.26. The Morgan fingerprint density at radius 1 is 1.09 bits per heavy atom. The second kappa shape index (κ2) is 10.5. The van der Waals surface area contributed by atoms with Crippen LogP contribution in [0.25, 0.3) is 11.3 Å². The third-order valence-corrected chi connectivity index (χ3v) is 6.38. The molecule has 4 aromatic rings. The van der Waals surface area contributed by atoms with Gasteiger partial charge in [-0.2, -0.15) is 0 Å². The maximum atomic E-state index is 13.2. The maximum Gasteiger partial charge on any atom is 0.243 e. The van der Waals surface area contributed by atoms with Crippen molar-refractivity contribution in [2.45, 2.75) is 26.4 Å². The molecule has 1 amide bonds. The van der Waals surface area contributed by atoms with Gasteiger partial charge < -0.3 is 15.0 Å². The van der Waals surface area contributed by atoms with E-state index in [0.29, 0.717) is 17.4 Å². The van der Waals surface area contributed by atoms with Gasteiger partial charge in [-0.1, -0.05) is 54.1 Å². The second-order valence-electron chi connectivity index (χ2n) is 7.94. The van der Waals surface area contributed by atoms with Crippen molar-refractivity contribution in [3.05, 3.63) is 95.1 Å². The Balaban J connectivity index is 1.64. The van der Waals surface area contributed by atoms with Crippen molar-refractivity contribution in [3.8, 4) is 17.0 Å². The highest BCUT2D eigenvalue weighted by molar-refractivity contribution is 7.14. The fourth-order valence-electron chi connectivity index (χ4n) is 3.59. The monoisotopic (exact) mass is 475 g/mol. The molecule has 3 aromatic carbocycles. The summed E-state index contributed by atoms with van der Waals surface area (Å²) in [4.78, 5) is 19.9. The first-order chi connectivity index (χ1) is 16.5. The van der Waals surface area contributed by atoms with Crippen LogP contribution in [0.5, 0.6) is 5.75 Å². The number of nitrogens with one attached hydrogen (secondary N) is 1. The molecule has 34 heavy (non-hydrogen) atoms. The number of aryl methyl sites for hydroxylation is 1. The Bertz CT molecular complexity index is 1260. The van der Waals surface area contributed by atoms with Gasteiger partial charge in [-0.05, 0) is 43.7 Å². The number of carbonyl (C=O) groups excluding carboxylic acids is 1. The zero-order chi connectivity index (χ0) is 24.1. The predicted molar refractivity (Wildman–Crippen MR) is 135 cm³/mol. The zero-order valence-electron chi connectivity index (χ0n) is 19.3. The molecule has 0 spiro atoms. The molecule has 7 heteroatoms. The number of thiazole rings is 1. The van der Waals surface area contributed by atoms with E-state index < -0.39 is 6.04 Å². The van der Waals surface area contributed by atoms with Gasteiger partial charge in [-0.25, -0.2) is 9.37 Å². The number of nitrogens with zero attached hydrogens (tertiary/aromatic N) is 2. The van der Waals surface area contributed by atoms with Crippen LogP contribution in [0.15, 0.2) is 78.2 Å². The lowest BCUT2D eigenvalue weighted by Gasteiger charge is -2.29. The minimum absolute atomic E-state index is 0.178. The number of halogens is 1. The van der Waals surface area contributed by atoms with Crippen LogP contribution in [0.3, 0.4) is 0 Å². The lowest BCUT2D eigenvalue weighted by atomic mass is 10.1. The van der Waals surface area contributed by atoms with Gasteiger partial charge in [0.05, 0.1) is 18.5 Å². The Morgan fingerprint density at radius 3 is 2.50 bits per heavy atom. The average molecular weight is 476 g/mol. The van der Waals surface area contributed by atoms with E-state index in [4.69, 9.17) is 9.72 Å². The quantitative estimate of drug-likeness (QED) is 0.334. The Labute approximate surface area is 202 Å². The molecule has 4 rings (SSSR count). The SMILES string of the molecule is COc1ccccc1N(c1nc(-c2ccc(C)cc2)cs1)[C@@H](C)C(=O)NCc1ccc(F)cc1. The number of benzene rings is 3. The average Bonchev–Trinajstić information content (AvgIpc) is 3.34. The van der Waals surface area contributed by atoms with Crippen molar-refractivity contribution in [2.24, 2.45) is 0 Å². The van der Waals surface area contributed by atoms with E-state index >= 15 is 0 Å². The molecule has 1 aromatic heterocycles. The van der Waals surface area contributed by atoms with Crippen LogP contribution < -0.4 is 15.0 Å². The molecule has 1 N–H and O–H groups in total. The van der Waals surface area contributed by atoms with Crippen molar-refractivity contribution in [1.29, 1.82) is 0 Å². The molecule has 1 heterocycles. The number of hydrogen-bond acceptors (Lipinski definition) is 5. The number of rotatable bonds is 8. The van der Waals surface area contributed by atoms with Gasteiger partial charge in [-0.3, -0.25) is 4.79 Å². The van der Waals surface area contributed by atoms with E-state index in [-0.39, 0.29) is 11.7 Å². The zero-order valence-corrected chi connectivity index (χ0v) is 20.1. The summed E-state index contributed by atoms with van der Waals surface area (Å²) in [5.74, 6) is 0.161. The van der Waals surface area contributed by atoms with Crippen molar-refractivity contribution in [1.82, 2.24) is 10.3 Å². The van der Waals surface area contributed by atoms with E-state index in [0.717, 1.165) is 22.5 Å². The van der Waals surface area contributed by atoms with Crippen LogP contribution in [0, 0.1) is 12.7 Å². The summed E-state index contributed by atoms with van der Waals surface area (Å²) >= 11 is 1.47. The highest BCUT2D eigenvalue weighted by Gasteiger charge is 2.28. The number of carbonyl (C=O) groups is 1. The van der Waals surface area contributed by atoms with Gasteiger partial charge in [0.2, 0.25) is 5.91 Å². The van der Waals surface area contributed by atoms with Crippen LogP contribution in [-0.4, -0.2) is 24.0 Å². The fraction of sp³-hybridized carbons (Fsp3) is 0.185. The fourth-order valence-corrected chi connectivity index (χ4v) is 4.52. The van der Waals surface area contributed by atoms with Crippen LogP contribution in [-0.2, 0) is 11.3 Å². The molecule has 0 unspecified atom stereocenters. The van der Waals surface area contributed by atoms with Gasteiger partial charge in [-0.15, -0.1) is 11.3 Å². The van der Waals surface area contributed by atoms with Crippen molar-refractivity contribution in [3.63, 3.8) is 0 Å². The van der Waals surface area contributed by atoms with E-state index in [1.54, 1.807) is 19.2 Å². The number of ether oxygens (including phenoxy) is 1. The van der Waals surface area contributed by atoms with Crippen molar-refractivity contribution < 1.29 is 13.9 Å². The summed E-state index contributed by atoms with van der Waals surface area (Å²) in [5, 5.41) is 5.63. The van der Waals surface area contributed by atoms with Crippen LogP contribution in [0.2, 0.25) is 0 Å². The molecule has 0 bridgehead atoms. The summed E-state index contributed by atoms with van der Waals surface area (Å²) in [5.41, 5.74) is 4.61. The number of anilines is 2. The van der Waals surface area contributed by atoms with E-state index in [1.807, 2.05) is 60.5 Å². The third-order valence-electron chi connectivity index (χ3n) is 5.54. The summed E-state index contributed by atoms with van der Waals surface area (Å²) in [7, 11) is 1.61. The maximum absolute atomic E-state index is 13.2. The number of para-hydroxylation sites is 2. The van der Waals surface area contributed by atoms with Gasteiger partial charge in [0.1, 0.15) is 17.6 Å². The first kappa shape index (κ1) is 23.4. The molecule has 174 valence electrons. The Kier molecular flexibility index (Phi) is 7.23. The number of hydrogen-bond donors (Lipinski definition) is 1. The number of aromatic nitrogens is 1. The van der Waals surface area contributed by atoms with Gasteiger partial charge in [0.15, 0.2) is 5.13 Å². The second-order valence-corrected chi connectivity index (χ2v) is 8.78. The van der Waals surface area contributed by atoms with Crippen LogP contribution in [0.4, 0.5) is 15.2 Å². The smallest absolute Gasteiger partial charge is 0.243 e. The summed E-state index contributed by atoms with van der Waals surface area (Å²) in [6.07, 6.45) is 0. The highest BCUT2D eigenvalue weighted by Crippen LogP contribution is 2.38. The molecule has 0 aliphatic rings. The van der Waals surface area contributed by atoms with E-state index in [2.05, 4.69) is 17.4 Å².